The molecule has 1 fully saturated rings. The largest absolute Gasteiger partial charge is 0.314 e. The Labute approximate surface area is 107 Å². The number of piperazine rings is 1. The number of hydrogen-bond acceptors (Lipinski definition) is 2. The van der Waals surface area contributed by atoms with Crippen LogP contribution in [0.2, 0.25) is 0 Å². The van der Waals surface area contributed by atoms with Gasteiger partial charge in [0, 0.05) is 43.3 Å². The van der Waals surface area contributed by atoms with Crippen molar-refractivity contribution in [2.45, 2.75) is 32.4 Å². The summed E-state index contributed by atoms with van der Waals surface area (Å²) in [5.41, 5.74) is 0.608. The smallest absolute Gasteiger partial charge is 0.130 e. The van der Waals surface area contributed by atoms with Crippen LogP contribution in [0.3, 0.4) is 0 Å². The molecular weight excluding hydrogens is 234 g/mol. The second kappa shape index (κ2) is 5.33. The topological polar surface area (TPSA) is 15.3 Å². The Morgan fingerprint density at radius 2 is 2.17 bits per heavy atom. The number of hydrogen-bond donors (Lipinski definition) is 1. The number of nitrogens with zero attached hydrogens (tertiary/aromatic N) is 1. The zero-order valence-corrected chi connectivity index (χ0v) is 11.0. The summed E-state index contributed by atoms with van der Waals surface area (Å²) >= 11 is 0. The lowest BCUT2D eigenvalue weighted by molar-refractivity contribution is 0.0627. The van der Waals surface area contributed by atoms with Gasteiger partial charge < -0.3 is 5.32 Å². The summed E-state index contributed by atoms with van der Waals surface area (Å²) in [7, 11) is 0. The lowest BCUT2D eigenvalue weighted by Gasteiger charge is -2.45. The third-order valence-corrected chi connectivity index (χ3v) is 3.97. The van der Waals surface area contributed by atoms with E-state index in [1.807, 2.05) is 0 Å². The molecule has 0 amide bonds. The molecule has 1 N–H and O–H groups in total. The van der Waals surface area contributed by atoms with Gasteiger partial charge in [0.25, 0.3) is 0 Å². The van der Waals surface area contributed by atoms with Crippen molar-refractivity contribution in [2.24, 2.45) is 0 Å². The molecule has 1 aliphatic rings. The van der Waals surface area contributed by atoms with E-state index in [-0.39, 0.29) is 5.54 Å². The zero-order valence-electron chi connectivity index (χ0n) is 11.0. The normalized spacial score (nSPS) is 25.3. The molecular formula is C14H20F2N2. The van der Waals surface area contributed by atoms with E-state index >= 15 is 0 Å². The molecule has 1 aromatic rings. The van der Waals surface area contributed by atoms with E-state index in [0.717, 1.165) is 32.1 Å². The molecule has 0 aliphatic carbocycles. The number of rotatable bonds is 3. The molecule has 0 radical (unpaired) electrons. The second-order valence-electron chi connectivity index (χ2n) is 5.18. The molecule has 1 atom stereocenters. The molecule has 1 saturated heterocycles. The standard InChI is InChI=1S/C14H20F2N2/c1-3-14(2)10-17-6-7-18(14)9-11-4-5-12(15)8-13(11)16/h4-5,8,17H,3,6-7,9-10H2,1-2H3. The van der Waals surface area contributed by atoms with Gasteiger partial charge in [-0.1, -0.05) is 13.0 Å². The van der Waals surface area contributed by atoms with Crippen LogP contribution in [-0.2, 0) is 6.54 Å². The van der Waals surface area contributed by atoms with E-state index in [1.54, 1.807) is 6.07 Å². The van der Waals surface area contributed by atoms with Gasteiger partial charge in [0.05, 0.1) is 0 Å². The monoisotopic (exact) mass is 254 g/mol. The Bertz CT molecular complexity index is 422. The van der Waals surface area contributed by atoms with Gasteiger partial charge in [-0.3, -0.25) is 4.90 Å². The Hall–Kier alpha value is -1.00. The van der Waals surface area contributed by atoms with Crippen molar-refractivity contribution < 1.29 is 8.78 Å². The molecule has 2 nitrogen and oxygen atoms in total. The van der Waals surface area contributed by atoms with Crippen LogP contribution >= 0.6 is 0 Å². The minimum Gasteiger partial charge on any atom is -0.314 e. The van der Waals surface area contributed by atoms with Gasteiger partial charge in [-0.25, -0.2) is 8.78 Å². The molecule has 0 spiro atoms. The van der Waals surface area contributed by atoms with Crippen LogP contribution in [0.5, 0.6) is 0 Å². The van der Waals surface area contributed by atoms with Crippen LogP contribution in [0.4, 0.5) is 8.78 Å². The molecule has 18 heavy (non-hydrogen) atoms. The van der Waals surface area contributed by atoms with E-state index in [1.165, 1.54) is 6.07 Å². The molecule has 1 aliphatic heterocycles. The van der Waals surface area contributed by atoms with Gasteiger partial charge in [0.15, 0.2) is 0 Å². The van der Waals surface area contributed by atoms with Crippen molar-refractivity contribution in [1.82, 2.24) is 10.2 Å². The third kappa shape index (κ3) is 2.70. The van der Waals surface area contributed by atoms with E-state index in [0.29, 0.717) is 12.1 Å². The highest BCUT2D eigenvalue weighted by atomic mass is 19.1. The van der Waals surface area contributed by atoms with Gasteiger partial charge in [-0.15, -0.1) is 0 Å². The lowest BCUT2D eigenvalue weighted by atomic mass is 9.93. The molecule has 100 valence electrons. The molecule has 1 aromatic carbocycles. The maximum absolute atomic E-state index is 13.7. The first-order valence-corrected chi connectivity index (χ1v) is 6.45. The highest BCUT2D eigenvalue weighted by Crippen LogP contribution is 2.24. The number of halogens is 2. The predicted molar refractivity (Wildman–Crippen MR) is 68.3 cm³/mol. The molecule has 1 unspecified atom stereocenters. The Morgan fingerprint density at radius 1 is 1.39 bits per heavy atom. The van der Waals surface area contributed by atoms with Gasteiger partial charge in [0.1, 0.15) is 11.6 Å². The third-order valence-electron chi connectivity index (χ3n) is 3.97. The Balaban J connectivity index is 2.16. The fourth-order valence-electron chi connectivity index (χ4n) is 2.43. The van der Waals surface area contributed by atoms with E-state index in [2.05, 4.69) is 24.1 Å². The molecule has 4 heteroatoms. The molecule has 0 saturated carbocycles. The van der Waals surface area contributed by atoms with E-state index in [9.17, 15) is 8.78 Å². The quantitative estimate of drug-likeness (QED) is 0.891. The first-order chi connectivity index (χ1) is 8.55. The predicted octanol–water partition coefficient (Wildman–Crippen LogP) is 2.54. The van der Waals surface area contributed by atoms with Crippen molar-refractivity contribution in [3.63, 3.8) is 0 Å². The van der Waals surface area contributed by atoms with Gasteiger partial charge in [0.2, 0.25) is 0 Å². The summed E-state index contributed by atoms with van der Waals surface area (Å²) in [6.45, 7) is 7.58. The van der Waals surface area contributed by atoms with Crippen LogP contribution < -0.4 is 5.32 Å². The van der Waals surface area contributed by atoms with Crippen molar-refractivity contribution >= 4 is 0 Å². The summed E-state index contributed by atoms with van der Waals surface area (Å²) in [6.07, 6.45) is 1.00. The van der Waals surface area contributed by atoms with Crippen LogP contribution in [-0.4, -0.2) is 30.1 Å². The van der Waals surface area contributed by atoms with Crippen molar-refractivity contribution in [3.05, 3.63) is 35.4 Å². The average Bonchev–Trinajstić information content (AvgIpc) is 2.35. The second-order valence-corrected chi connectivity index (χ2v) is 5.18. The highest BCUT2D eigenvalue weighted by Gasteiger charge is 2.32. The van der Waals surface area contributed by atoms with E-state index < -0.39 is 11.6 Å². The lowest BCUT2D eigenvalue weighted by Crippen LogP contribution is -2.58. The maximum Gasteiger partial charge on any atom is 0.130 e. The minimum atomic E-state index is -0.519. The van der Waals surface area contributed by atoms with Crippen LogP contribution in [0.25, 0.3) is 0 Å². The summed E-state index contributed by atoms with van der Waals surface area (Å²) in [6, 6.07) is 3.83. The molecule has 0 aromatic heterocycles. The fourth-order valence-corrected chi connectivity index (χ4v) is 2.43. The van der Waals surface area contributed by atoms with Crippen LogP contribution in [0.1, 0.15) is 25.8 Å². The van der Waals surface area contributed by atoms with Crippen LogP contribution in [0, 0.1) is 11.6 Å². The highest BCUT2D eigenvalue weighted by molar-refractivity contribution is 5.19. The number of benzene rings is 1. The SMILES string of the molecule is CCC1(C)CNCCN1Cc1ccc(F)cc1F. The minimum absolute atomic E-state index is 0.0408. The van der Waals surface area contributed by atoms with E-state index in [4.69, 9.17) is 0 Å². The van der Waals surface area contributed by atoms with Gasteiger partial charge in [-0.05, 0) is 19.4 Å². The Kier molecular flexibility index (Phi) is 3.97. The first kappa shape index (κ1) is 13.4. The molecule has 2 rings (SSSR count). The first-order valence-electron chi connectivity index (χ1n) is 6.45. The zero-order chi connectivity index (χ0) is 13.2. The fraction of sp³-hybridized carbons (Fsp3) is 0.571. The van der Waals surface area contributed by atoms with Crippen molar-refractivity contribution in [2.75, 3.05) is 19.6 Å². The van der Waals surface area contributed by atoms with Crippen LogP contribution in [0.15, 0.2) is 18.2 Å². The number of nitrogens with one attached hydrogen (secondary N) is 1. The maximum atomic E-state index is 13.7. The van der Waals surface area contributed by atoms with Gasteiger partial charge >= 0.3 is 0 Å². The summed E-state index contributed by atoms with van der Waals surface area (Å²) in [4.78, 5) is 2.28. The van der Waals surface area contributed by atoms with Crippen molar-refractivity contribution in [1.29, 1.82) is 0 Å². The molecule has 1 heterocycles. The Morgan fingerprint density at radius 3 is 2.83 bits per heavy atom. The summed E-state index contributed by atoms with van der Waals surface area (Å²) < 4.78 is 26.6. The average molecular weight is 254 g/mol. The summed E-state index contributed by atoms with van der Waals surface area (Å²) in [5.74, 6) is -0.971. The summed E-state index contributed by atoms with van der Waals surface area (Å²) in [5, 5.41) is 3.37. The van der Waals surface area contributed by atoms with Gasteiger partial charge in [-0.2, -0.15) is 0 Å². The molecule has 0 bridgehead atoms. The van der Waals surface area contributed by atoms with Crippen molar-refractivity contribution in [3.8, 4) is 0 Å².